The molecular weight excluding hydrogens is 334 g/mol. The highest BCUT2D eigenvalue weighted by molar-refractivity contribution is 9.10. The number of carbonyl (C=O) groups excluding carboxylic acids is 1. The Bertz CT molecular complexity index is 616. The van der Waals surface area contributed by atoms with E-state index >= 15 is 0 Å². The van der Waals surface area contributed by atoms with Crippen LogP contribution in [0.25, 0.3) is 6.08 Å². The Hall–Kier alpha value is -1.39. The van der Waals surface area contributed by atoms with Gasteiger partial charge in [0.15, 0.2) is 0 Å². The molecule has 4 heteroatoms. The minimum Gasteiger partial charge on any atom is -0.337 e. The van der Waals surface area contributed by atoms with Crippen LogP contribution in [0.1, 0.15) is 16.0 Å². The first-order chi connectivity index (χ1) is 9.56. The van der Waals surface area contributed by atoms with Crippen molar-refractivity contribution >= 4 is 39.2 Å². The van der Waals surface area contributed by atoms with Crippen molar-refractivity contribution in [1.29, 1.82) is 0 Å². The van der Waals surface area contributed by atoms with Gasteiger partial charge in [0.05, 0.1) is 6.54 Å². The molecule has 0 unspecified atom stereocenters. The molecule has 1 aromatic heterocycles. The molecule has 0 fully saturated rings. The summed E-state index contributed by atoms with van der Waals surface area (Å²) in [6, 6.07) is 9.94. The van der Waals surface area contributed by atoms with E-state index in [-0.39, 0.29) is 5.91 Å². The molecule has 0 bridgehead atoms. The lowest BCUT2D eigenvalue weighted by molar-refractivity contribution is -0.125. The molecule has 0 saturated heterocycles. The number of aryl methyl sites for hydroxylation is 1. The van der Waals surface area contributed by atoms with Gasteiger partial charge in [-0.1, -0.05) is 28.1 Å². The molecule has 0 aliphatic carbocycles. The SMILES string of the molecule is Cc1ccsc1CN(C)C(=O)/C=C/c1ccc(Br)cc1. The Morgan fingerprint density at radius 2 is 2.00 bits per heavy atom. The predicted octanol–water partition coefficient (Wildman–Crippen LogP) is 4.49. The molecule has 104 valence electrons. The van der Waals surface area contributed by atoms with E-state index in [2.05, 4.69) is 34.3 Å². The molecule has 1 heterocycles. The van der Waals surface area contributed by atoms with E-state index in [1.807, 2.05) is 37.4 Å². The van der Waals surface area contributed by atoms with Crippen molar-refractivity contribution < 1.29 is 4.79 Å². The fraction of sp³-hybridized carbons (Fsp3) is 0.188. The summed E-state index contributed by atoms with van der Waals surface area (Å²) in [6.07, 6.45) is 3.46. The fourth-order valence-electron chi connectivity index (χ4n) is 1.73. The first-order valence-corrected chi connectivity index (χ1v) is 7.95. The second kappa shape index (κ2) is 6.86. The third-order valence-corrected chi connectivity index (χ3v) is 4.55. The molecule has 0 saturated carbocycles. The number of amides is 1. The van der Waals surface area contributed by atoms with Gasteiger partial charge < -0.3 is 4.90 Å². The van der Waals surface area contributed by atoms with Gasteiger partial charge >= 0.3 is 0 Å². The monoisotopic (exact) mass is 349 g/mol. The second-order valence-electron chi connectivity index (χ2n) is 4.61. The summed E-state index contributed by atoms with van der Waals surface area (Å²) in [7, 11) is 1.83. The Morgan fingerprint density at radius 1 is 1.30 bits per heavy atom. The Balaban J connectivity index is 1.97. The molecule has 20 heavy (non-hydrogen) atoms. The topological polar surface area (TPSA) is 20.3 Å². The van der Waals surface area contributed by atoms with Gasteiger partial charge in [0, 0.05) is 22.5 Å². The van der Waals surface area contributed by atoms with Crippen LogP contribution in [0.2, 0.25) is 0 Å². The molecule has 1 amide bonds. The lowest BCUT2D eigenvalue weighted by Gasteiger charge is -2.14. The number of rotatable bonds is 4. The molecule has 2 nitrogen and oxygen atoms in total. The van der Waals surface area contributed by atoms with Crippen LogP contribution in [0.5, 0.6) is 0 Å². The van der Waals surface area contributed by atoms with E-state index < -0.39 is 0 Å². The summed E-state index contributed by atoms with van der Waals surface area (Å²) in [5, 5.41) is 2.06. The third kappa shape index (κ3) is 4.05. The predicted molar refractivity (Wildman–Crippen MR) is 88.7 cm³/mol. The zero-order valence-electron chi connectivity index (χ0n) is 11.5. The van der Waals surface area contributed by atoms with Crippen molar-refractivity contribution in [3.05, 3.63) is 62.3 Å². The molecule has 0 spiro atoms. The largest absolute Gasteiger partial charge is 0.337 e. The number of likely N-dealkylation sites (N-methyl/N-ethyl adjacent to an activating group) is 1. The first kappa shape index (κ1) is 15.0. The first-order valence-electron chi connectivity index (χ1n) is 6.28. The molecule has 2 aromatic rings. The lowest BCUT2D eigenvalue weighted by Crippen LogP contribution is -2.23. The van der Waals surface area contributed by atoms with E-state index in [0.29, 0.717) is 6.54 Å². The van der Waals surface area contributed by atoms with Crippen LogP contribution < -0.4 is 0 Å². The lowest BCUT2D eigenvalue weighted by atomic mass is 10.2. The summed E-state index contributed by atoms with van der Waals surface area (Å²) >= 11 is 5.08. The van der Waals surface area contributed by atoms with Gasteiger partial charge in [-0.05, 0) is 47.7 Å². The Morgan fingerprint density at radius 3 is 2.60 bits per heavy atom. The van der Waals surface area contributed by atoms with Crippen LogP contribution in [-0.4, -0.2) is 17.9 Å². The van der Waals surface area contributed by atoms with Gasteiger partial charge in [0.1, 0.15) is 0 Å². The minimum absolute atomic E-state index is 0.0146. The highest BCUT2D eigenvalue weighted by Crippen LogP contribution is 2.17. The van der Waals surface area contributed by atoms with E-state index in [4.69, 9.17) is 0 Å². The number of benzene rings is 1. The van der Waals surface area contributed by atoms with Crippen LogP contribution >= 0.6 is 27.3 Å². The fourth-order valence-corrected chi connectivity index (χ4v) is 2.95. The van der Waals surface area contributed by atoms with Crippen LogP contribution in [0, 0.1) is 6.92 Å². The van der Waals surface area contributed by atoms with Crippen molar-refractivity contribution in [2.75, 3.05) is 7.05 Å². The Kier molecular flexibility index (Phi) is 5.15. The molecule has 2 rings (SSSR count). The van der Waals surface area contributed by atoms with E-state index in [1.165, 1.54) is 10.4 Å². The molecule has 0 aliphatic rings. The molecule has 1 aromatic carbocycles. The average molecular weight is 350 g/mol. The summed E-state index contributed by atoms with van der Waals surface area (Å²) in [5.74, 6) is 0.0146. The molecule has 0 aliphatic heterocycles. The Labute approximate surface area is 131 Å². The standard InChI is InChI=1S/C16H16BrNOS/c1-12-9-10-20-15(12)11-18(2)16(19)8-5-13-3-6-14(17)7-4-13/h3-10H,11H2,1-2H3/b8-5+. The van der Waals surface area contributed by atoms with Crippen molar-refractivity contribution in [2.24, 2.45) is 0 Å². The molecule has 0 N–H and O–H groups in total. The van der Waals surface area contributed by atoms with Gasteiger partial charge in [-0.2, -0.15) is 0 Å². The number of hydrogen-bond donors (Lipinski definition) is 0. The van der Waals surface area contributed by atoms with Gasteiger partial charge in [-0.25, -0.2) is 0 Å². The maximum Gasteiger partial charge on any atom is 0.246 e. The van der Waals surface area contributed by atoms with Crippen molar-refractivity contribution in [3.8, 4) is 0 Å². The van der Waals surface area contributed by atoms with E-state index in [1.54, 1.807) is 22.3 Å². The van der Waals surface area contributed by atoms with Crippen molar-refractivity contribution in [3.63, 3.8) is 0 Å². The quantitative estimate of drug-likeness (QED) is 0.744. The molecule has 0 atom stereocenters. The zero-order chi connectivity index (χ0) is 14.5. The zero-order valence-corrected chi connectivity index (χ0v) is 13.9. The van der Waals surface area contributed by atoms with Crippen LogP contribution in [0.15, 0.2) is 46.3 Å². The second-order valence-corrected chi connectivity index (χ2v) is 6.52. The van der Waals surface area contributed by atoms with Crippen molar-refractivity contribution in [1.82, 2.24) is 4.90 Å². The van der Waals surface area contributed by atoms with Gasteiger partial charge in [0.25, 0.3) is 0 Å². The summed E-state index contributed by atoms with van der Waals surface area (Å²) in [5.41, 5.74) is 2.26. The summed E-state index contributed by atoms with van der Waals surface area (Å²) < 4.78 is 1.03. The van der Waals surface area contributed by atoms with Crippen LogP contribution in [-0.2, 0) is 11.3 Å². The molecular formula is C16H16BrNOS. The number of carbonyl (C=O) groups is 1. The smallest absolute Gasteiger partial charge is 0.246 e. The third-order valence-electron chi connectivity index (χ3n) is 3.01. The number of nitrogens with zero attached hydrogens (tertiary/aromatic N) is 1. The van der Waals surface area contributed by atoms with E-state index in [0.717, 1.165) is 10.0 Å². The van der Waals surface area contributed by atoms with Gasteiger partial charge in [-0.3, -0.25) is 4.79 Å². The highest BCUT2D eigenvalue weighted by Gasteiger charge is 2.08. The number of halogens is 1. The summed E-state index contributed by atoms with van der Waals surface area (Å²) in [6.45, 7) is 2.73. The van der Waals surface area contributed by atoms with Gasteiger partial charge in [-0.15, -0.1) is 11.3 Å². The van der Waals surface area contributed by atoms with E-state index in [9.17, 15) is 4.79 Å². The maximum absolute atomic E-state index is 12.1. The molecule has 0 radical (unpaired) electrons. The number of thiophene rings is 1. The maximum atomic E-state index is 12.1. The number of hydrogen-bond acceptors (Lipinski definition) is 2. The highest BCUT2D eigenvalue weighted by atomic mass is 79.9. The summed E-state index contributed by atoms with van der Waals surface area (Å²) in [4.78, 5) is 15.0. The van der Waals surface area contributed by atoms with Crippen molar-refractivity contribution in [2.45, 2.75) is 13.5 Å². The minimum atomic E-state index is 0.0146. The van der Waals surface area contributed by atoms with Gasteiger partial charge in [0.2, 0.25) is 5.91 Å². The average Bonchev–Trinajstić information content (AvgIpc) is 2.83. The van der Waals surface area contributed by atoms with Crippen LogP contribution in [0.3, 0.4) is 0 Å². The normalized spacial score (nSPS) is 10.9. The van der Waals surface area contributed by atoms with Crippen LogP contribution in [0.4, 0.5) is 0 Å².